The summed E-state index contributed by atoms with van der Waals surface area (Å²) in [5.41, 5.74) is 6.39. The van der Waals surface area contributed by atoms with E-state index in [9.17, 15) is 4.79 Å². The van der Waals surface area contributed by atoms with Crippen LogP contribution in [0.5, 0.6) is 0 Å². The minimum absolute atomic E-state index is 0.178. The number of aryl methyl sites for hydroxylation is 1. The molecule has 2 N–H and O–H groups in total. The Kier molecular flexibility index (Phi) is 6.00. The second kappa shape index (κ2) is 7.29. The fraction of sp³-hybridized carbons (Fsp3) is 0.333. The second-order valence-corrected chi connectivity index (χ2v) is 5.40. The van der Waals surface area contributed by atoms with Gasteiger partial charge < -0.3 is 10.6 Å². The SMILES string of the molecule is CN(CC(N)=O)C(=S)SCCc1ccccc1. The van der Waals surface area contributed by atoms with Crippen molar-refractivity contribution in [2.45, 2.75) is 6.42 Å². The molecule has 0 aliphatic heterocycles. The van der Waals surface area contributed by atoms with E-state index < -0.39 is 0 Å². The summed E-state index contributed by atoms with van der Waals surface area (Å²) < 4.78 is 0.708. The zero-order valence-corrected chi connectivity index (χ0v) is 11.4. The Balaban J connectivity index is 2.27. The van der Waals surface area contributed by atoms with Gasteiger partial charge in [0, 0.05) is 12.8 Å². The number of hydrogen-bond donors (Lipinski definition) is 1. The van der Waals surface area contributed by atoms with Gasteiger partial charge >= 0.3 is 0 Å². The van der Waals surface area contributed by atoms with Gasteiger partial charge in [0.05, 0.1) is 6.54 Å². The van der Waals surface area contributed by atoms with Crippen LogP contribution in [-0.2, 0) is 11.2 Å². The number of nitrogens with zero attached hydrogens (tertiary/aromatic N) is 1. The maximum atomic E-state index is 10.7. The number of benzene rings is 1. The van der Waals surface area contributed by atoms with Crippen LogP contribution in [0.2, 0.25) is 0 Å². The van der Waals surface area contributed by atoms with Crippen LogP contribution >= 0.6 is 24.0 Å². The normalized spacial score (nSPS) is 9.94. The fourth-order valence-electron chi connectivity index (χ4n) is 1.31. The quantitative estimate of drug-likeness (QED) is 0.825. The van der Waals surface area contributed by atoms with Crippen molar-refractivity contribution < 1.29 is 4.79 Å². The molecule has 3 nitrogen and oxygen atoms in total. The van der Waals surface area contributed by atoms with E-state index in [2.05, 4.69) is 12.1 Å². The molecule has 1 aromatic rings. The predicted molar refractivity (Wildman–Crippen MR) is 77.0 cm³/mol. The van der Waals surface area contributed by atoms with E-state index >= 15 is 0 Å². The van der Waals surface area contributed by atoms with E-state index in [0.717, 1.165) is 12.2 Å². The first-order valence-corrected chi connectivity index (χ1v) is 6.69. The lowest BCUT2D eigenvalue weighted by Gasteiger charge is -2.17. The molecule has 0 aliphatic carbocycles. The Morgan fingerprint density at radius 3 is 2.65 bits per heavy atom. The van der Waals surface area contributed by atoms with Crippen LogP contribution in [-0.4, -0.2) is 34.5 Å². The highest BCUT2D eigenvalue weighted by Crippen LogP contribution is 2.11. The summed E-state index contributed by atoms with van der Waals surface area (Å²) in [6.07, 6.45) is 0.968. The summed E-state index contributed by atoms with van der Waals surface area (Å²) in [5, 5.41) is 0. The summed E-state index contributed by atoms with van der Waals surface area (Å²) in [6, 6.07) is 10.2. The van der Waals surface area contributed by atoms with Gasteiger partial charge in [0.2, 0.25) is 5.91 Å². The first-order valence-electron chi connectivity index (χ1n) is 5.29. The monoisotopic (exact) mass is 268 g/mol. The van der Waals surface area contributed by atoms with Gasteiger partial charge in [-0.05, 0) is 12.0 Å². The zero-order valence-electron chi connectivity index (χ0n) is 9.76. The molecule has 1 rings (SSSR count). The van der Waals surface area contributed by atoms with Gasteiger partial charge in [-0.2, -0.15) is 0 Å². The van der Waals surface area contributed by atoms with Gasteiger partial charge in [-0.3, -0.25) is 4.79 Å². The molecule has 92 valence electrons. The molecule has 0 bridgehead atoms. The van der Waals surface area contributed by atoms with E-state index in [1.54, 1.807) is 23.7 Å². The molecule has 17 heavy (non-hydrogen) atoms. The molecule has 0 atom stereocenters. The lowest BCUT2D eigenvalue weighted by atomic mass is 10.2. The highest BCUT2D eigenvalue weighted by atomic mass is 32.2. The molecule has 0 spiro atoms. The summed E-state index contributed by atoms with van der Waals surface area (Å²) in [4.78, 5) is 12.4. The highest BCUT2D eigenvalue weighted by Gasteiger charge is 2.07. The maximum absolute atomic E-state index is 10.7. The van der Waals surface area contributed by atoms with Crippen LogP contribution in [0.1, 0.15) is 5.56 Å². The van der Waals surface area contributed by atoms with Crippen molar-refractivity contribution in [1.29, 1.82) is 0 Å². The topological polar surface area (TPSA) is 46.3 Å². The lowest BCUT2D eigenvalue weighted by molar-refractivity contribution is -0.118. The van der Waals surface area contributed by atoms with E-state index in [4.69, 9.17) is 18.0 Å². The molecule has 0 aromatic heterocycles. The fourth-order valence-corrected chi connectivity index (χ4v) is 2.42. The van der Waals surface area contributed by atoms with Gasteiger partial charge in [0.1, 0.15) is 4.32 Å². The Morgan fingerprint density at radius 1 is 1.41 bits per heavy atom. The van der Waals surface area contributed by atoms with Crippen molar-refractivity contribution >= 4 is 34.2 Å². The maximum Gasteiger partial charge on any atom is 0.236 e. The van der Waals surface area contributed by atoms with Crippen LogP contribution < -0.4 is 5.73 Å². The van der Waals surface area contributed by atoms with Gasteiger partial charge in [-0.1, -0.05) is 54.3 Å². The number of hydrogen-bond acceptors (Lipinski definition) is 3. The third kappa shape index (κ3) is 5.70. The molecule has 0 radical (unpaired) electrons. The Labute approximate surface area is 111 Å². The largest absolute Gasteiger partial charge is 0.368 e. The number of thiocarbonyl (C=S) groups is 1. The Bertz CT molecular complexity index is 381. The number of primary amides is 1. The number of carbonyl (C=O) groups is 1. The summed E-state index contributed by atoms with van der Waals surface area (Å²) >= 11 is 6.76. The molecule has 0 heterocycles. The zero-order chi connectivity index (χ0) is 12.7. The van der Waals surface area contributed by atoms with E-state index in [-0.39, 0.29) is 12.5 Å². The van der Waals surface area contributed by atoms with E-state index in [1.165, 1.54) is 5.56 Å². The number of rotatable bonds is 5. The molecular formula is C12H16N2OS2. The smallest absolute Gasteiger partial charge is 0.236 e. The van der Waals surface area contributed by atoms with E-state index in [0.29, 0.717) is 4.32 Å². The minimum Gasteiger partial charge on any atom is -0.368 e. The van der Waals surface area contributed by atoms with Crippen molar-refractivity contribution in [3.05, 3.63) is 35.9 Å². The molecule has 0 aliphatic rings. The summed E-state index contributed by atoms with van der Waals surface area (Å²) in [5.74, 6) is 0.546. The molecule has 0 fully saturated rings. The third-order valence-corrected chi connectivity index (χ3v) is 3.80. The molecule has 5 heteroatoms. The molecule has 1 amide bonds. The summed E-state index contributed by atoms with van der Waals surface area (Å²) in [7, 11) is 1.78. The van der Waals surface area contributed by atoms with Crippen LogP contribution in [0.25, 0.3) is 0 Å². The second-order valence-electron chi connectivity index (χ2n) is 3.67. The number of likely N-dealkylation sites (N-methyl/N-ethyl adjacent to an activating group) is 1. The first-order chi connectivity index (χ1) is 8.09. The van der Waals surface area contributed by atoms with Gasteiger partial charge in [-0.25, -0.2) is 0 Å². The van der Waals surface area contributed by atoms with Gasteiger partial charge in [-0.15, -0.1) is 0 Å². The number of nitrogens with two attached hydrogens (primary N) is 1. The number of amides is 1. The highest BCUT2D eigenvalue weighted by molar-refractivity contribution is 8.22. The Morgan fingerprint density at radius 2 is 2.06 bits per heavy atom. The number of carbonyl (C=O) groups excluding carboxylic acids is 1. The van der Waals surface area contributed by atoms with E-state index in [1.807, 2.05) is 18.2 Å². The third-order valence-electron chi connectivity index (χ3n) is 2.16. The summed E-state index contributed by atoms with van der Waals surface area (Å²) in [6.45, 7) is 0.178. The van der Waals surface area contributed by atoms with Gasteiger partial charge in [0.15, 0.2) is 0 Å². The van der Waals surface area contributed by atoms with Crippen LogP contribution in [0.3, 0.4) is 0 Å². The van der Waals surface area contributed by atoms with Crippen molar-refractivity contribution in [3.63, 3.8) is 0 Å². The minimum atomic E-state index is -0.362. The Hall–Kier alpha value is -1.07. The van der Waals surface area contributed by atoms with Crippen LogP contribution in [0, 0.1) is 0 Å². The molecular weight excluding hydrogens is 252 g/mol. The van der Waals surface area contributed by atoms with Crippen molar-refractivity contribution in [1.82, 2.24) is 4.90 Å². The lowest BCUT2D eigenvalue weighted by Crippen LogP contribution is -2.33. The standard InChI is InChI=1S/C12H16N2OS2/c1-14(9-11(13)15)12(16)17-8-7-10-5-3-2-4-6-10/h2-6H,7-9H2,1H3,(H2,13,15). The molecule has 1 aromatic carbocycles. The van der Waals surface area contributed by atoms with Gasteiger partial charge in [0.25, 0.3) is 0 Å². The van der Waals surface area contributed by atoms with Crippen LogP contribution in [0.4, 0.5) is 0 Å². The first kappa shape index (κ1) is 14.0. The van der Waals surface area contributed by atoms with Crippen molar-refractivity contribution in [2.24, 2.45) is 5.73 Å². The molecule has 0 unspecified atom stereocenters. The average Bonchev–Trinajstić information content (AvgIpc) is 2.29. The predicted octanol–water partition coefficient (Wildman–Crippen LogP) is 1.66. The van der Waals surface area contributed by atoms with Crippen molar-refractivity contribution in [2.75, 3.05) is 19.3 Å². The average molecular weight is 268 g/mol. The number of thioether (sulfide) groups is 1. The molecule has 0 saturated heterocycles. The molecule has 0 saturated carbocycles. The van der Waals surface area contributed by atoms with Crippen molar-refractivity contribution in [3.8, 4) is 0 Å². The van der Waals surface area contributed by atoms with Crippen LogP contribution in [0.15, 0.2) is 30.3 Å².